The lowest BCUT2D eigenvalue weighted by molar-refractivity contribution is -0.121. The summed E-state index contributed by atoms with van der Waals surface area (Å²) in [6.45, 7) is 4.92. The van der Waals surface area contributed by atoms with Gasteiger partial charge in [-0.1, -0.05) is 44.2 Å². The molecule has 0 aliphatic carbocycles. The van der Waals surface area contributed by atoms with Crippen LogP contribution in [0.25, 0.3) is 0 Å². The van der Waals surface area contributed by atoms with Gasteiger partial charge in [0.2, 0.25) is 5.91 Å². The maximum absolute atomic E-state index is 12.2. The number of thiocarbonyl (C=S) groups is 1. The number of hydrogen-bond donors (Lipinski definition) is 3. The predicted octanol–water partition coefficient (Wildman–Crippen LogP) is 3.38. The molecule has 0 unspecified atom stereocenters. The lowest BCUT2D eigenvalue weighted by atomic mass is 10.1. The summed E-state index contributed by atoms with van der Waals surface area (Å²) in [5.41, 5.74) is 6.55. The van der Waals surface area contributed by atoms with Crippen LogP contribution in [-0.4, -0.2) is 23.5 Å². The van der Waals surface area contributed by atoms with Gasteiger partial charge in [0, 0.05) is 12.0 Å². The Morgan fingerprint density at radius 1 is 1.00 bits per heavy atom. The van der Waals surface area contributed by atoms with Crippen LogP contribution in [-0.2, 0) is 11.2 Å². The fourth-order valence-electron chi connectivity index (χ4n) is 2.41. The predicted molar refractivity (Wildman–Crippen MR) is 117 cm³/mol. The minimum absolute atomic E-state index is 0.0281. The smallest absolute Gasteiger partial charge is 0.257 e. The molecule has 3 N–H and O–H groups in total. The van der Waals surface area contributed by atoms with E-state index in [-0.39, 0.29) is 16.9 Å². The minimum Gasteiger partial charge on any atom is -0.494 e. The summed E-state index contributed by atoms with van der Waals surface area (Å²) >= 11 is 5.05. The van der Waals surface area contributed by atoms with Crippen LogP contribution in [0.2, 0.25) is 0 Å². The summed E-state index contributed by atoms with van der Waals surface area (Å²) in [7, 11) is 0. The van der Waals surface area contributed by atoms with E-state index in [1.54, 1.807) is 24.3 Å². The van der Waals surface area contributed by atoms with Crippen molar-refractivity contribution < 1.29 is 14.3 Å². The second-order valence-electron chi connectivity index (χ2n) is 7.00. The Bertz CT molecular complexity index is 808. The summed E-state index contributed by atoms with van der Waals surface area (Å²) < 4.78 is 5.64. The van der Waals surface area contributed by atoms with Crippen molar-refractivity contribution in [1.29, 1.82) is 0 Å². The van der Waals surface area contributed by atoms with E-state index in [4.69, 9.17) is 17.0 Å². The second-order valence-corrected chi connectivity index (χ2v) is 7.41. The lowest BCUT2D eigenvalue weighted by Crippen LogP contribution is -2.48. The van der Waals surface area contributed by atoms with Crippen LogP contribution in [0.4, 0.5) is 0 Å². The van der Waals surface area contributed by atoms with Crippen LogP contribution >= 0.6 is 12.2 Å². The van der Waals surface area contributed by atoms with Crippen molar-refractivity contribution in [3.05, 3.63) is 65.7 Å². The summed E-state index contributed by atoms with van der Waals surface area (Å²) in [4.78, 5) is 24.1. The number of hydrogen-bond acceptors (Lipinski definition) is 4. The summed E-state index contributed by atoms with van der Waals surface area (Å²) in [5.74, 6) is 0.712. The van der Waals surface area contributed by atoms with Crippen LogP contribution in [0.5, 0.6) is 5.75 Å². The molecule has 2 amide bonds. The Morgan fingerprint density at radius 2 is 1.69 bits per heavy atom. The monoisotopic (exact) mass is 413 g/mol. The SMILES string of the molecule is CC(C)CCOc1ccc(C(=O)NC(=S)NNC(=O)CCc2ccccc2)cc1. The first kappa shape index (κ1) is 22.4. The van der Waals surface area contributed by atoms with Gasteiger partial charge in [-0.25, -0.2) is 0 Å². The van der Waals surface area contributed by atoms with Gasteiger partial charge < -0.3 is 4.74 Å². The Labute approximate surface area is 177 Å². The average molecular weight is 414 g/mol. The molecule has 154 valence electrons. The van der Waals surface area contributed by atoms with Gasteiger partial charge in [0.25, 0.3) is 5.91 Å². The molecule has 7 heteroatoms. The van der Waals surface area contributed by atoms with Crippen molar-refractivity contribution in [2.24, 2.45) is 5.92 Å². The van der Waals surface area contributed by atoms with Crippen molar-refractivity contribution in [2.75, 3.05) is 6.61 Å². The molecule has 2 aromatic rings. The summed E-state index contributed by atoms with van der Waals surface area (Å²) in [5, 5.41) is 2.56. The fraction of sp³-hybridized carbons (Fsp3) is 0.318. The number of ether oxygens (including phenoxy) is 1. The highest BCUT2D eigenvalue weighted by atomic mass is 32.1. The van der Waals surface area contributed by atoms with Gasteiger partial charge in [-0.2, -0.15) is 0 Å². The minimum atomic E-state index is -0.366. The van der Waals surface area contributed by atoms with Gasteiger partial charge >= 0.3 is 0 Å². The van der Waals surface area contributed by atoms with Crippen molar-refractivity contribution in [3.8, 4) is 5.75 Å². The van der Waals surface area contributed by atoms with Crippen LogP contribution in [0.1, 0.15) is 42.6 Å². The quantitative estimate of drug-likeness (QED) is 0.457. The Balaban J connectivity index is 1.70. The van der Waals surface area contributed by atoms with Crippen molar-refractivity contribution in [3.63, 3.8) is 0 Å². The molecule has 0 heterocycles. The summed E-state index contributed by atoms with van der Waals surface area (Å²) in [6.07, 6.45) is 1.91. The highest BCUT2D eigenvalue weighted by molar-refractivity contribution is 7.80. The average Bonchev–Trinajstić information content (AvgIpc) is 2.71. The molecule has 0 aliphatic heterocycles. The van der Waals surface area contributed by atoms with Crippen LogP contribution in [0.15, 0.2) is 54.6 Å². The zero-order valence-electron chi connectivity index (χ0n) is 16.7. The molecule has 0 atom stereocenters. The molecule has 29 heavy (non-hydrogen) atoms. The van der Waals surface area contributed by atoms with E-state index in [1.165, 1.54) is 0 Å². The third-order valence-corrected chi connectivity index (χ3v) is 4.31. The van der Waals surface area contributed by atoms with Crippen LogP contribution < -0.4 is 20.9 Å². The molecule has 0 aromatic heterocycles. The largest absolute Gasteiger partial charge is 0.494 e. The maximum atomic E-state index is 12.2. The zero-order chi connectivity index (χ0) is 21.1. The molecule has 0 saturated carbocycles. The Hall–Kier alpha value is -2.93. The third-order valence-electron chi connectivity index (χ3n) is 4.11. The third kappa shape index (κ3) is 8.74. The van der Waals surface area contributed by atoms with E-state index in [9.17, 15) is 9.59 Å². The van der Waals surface area contributed by atoms with Gasteiger partial charge in [0.05, 0.1) is 6.61 Å². The van der Waals surface area contributed by atoms with E-state index in [0.29, 0.717) is 36.7 Å². The molecule has 0 fully saturated rings. The highest BCUT2D eigenvalue weighted by Gasteiger charge is 2.09. The highest BCUT2D eigenvalue weighted by Crippen LogP contribution is 2.13. The molecule has 6 nitrogen and oxygen atoms in total. The first-order valence-electron chi connectivity index (χ1n) is 9.61. The molecule has 2 aromatic carbocycles. The van der Waals surface area contributed by atoms with E-state index in [0.717, 1.165) is 12.0 Å². The number of benzene rings is 2. The van der Waals surface area contributed by atoms with Crippen molar-refractivity contribution >= 4 is 29.1 Å². The number of hydrazine groups is 1. The van der Waals surface area contributed by atoms with Crippen LogP contribution in [0.3, 0.4) is 0 Å². The Kier molecular flexibility index (Phi) is 9.11. The normalized spacial score (nSPS) is 10.3. The lowest BCUT2D eigenvalue weighted by Gasteiger charge is -2.11. The first-order valence-corrected chi connectivity index (χ1v) is 10.0. The number of amides is 2. The van der Waals surface area contributed by atoms with Gasteiger partial charge in [-0.3, -0.25) is 25.8 Å². The topological polar surface area (TPSA) is 79.5 Å². The number of rotatable bonds is 8. The number of carbonyl (C=O) groups is 2. The standard InChI is InChI=1S/C22H27N3O3S/c1-16(2)14-15-28-19-11-9-18(10-12-19)21(27)23-22(29)25-24-20(26)13-8-17-6-4-3-5-7-17/h3-7,9-12,16H,8,13-15H2,1-2H3,(H,24,26)(H2,23,25,27,29). The van der Waals surface area contributed by atoms with E-state index >= 15 is 0 Å². The fourth-order valence-corrected chi connectivity index (χ4v) is 2.56. The summed E-state index contributed by atoms with van der Waals surface area (Å²) in [6, 6.07) is 16.6. The number of nitrogens with one attached hydrogen (secondary N) is 3. The van der Waals surface area contributed by atoms with Gasteiger partial charge in [0.15, 0.2) is 5.11 Å². The number of carbonyl (C=O) groups excluding carboxylic acids is 2. The molecule has 0 bridgehead atoms. The molecular formula is C22H27N3O3S. The van der Waals surface area contributed by atoms with Gasteiger partial charge in [0.1, 0.15) is 5.75 Å². The molecule has 0 spiro atoms. The molecular weight excluding hydrogens is 386 g/mol. The zero-order valence-corrected chi connectivity index (χ0v) is 17.6. The molecule has 0 saturated heterocycles. The molecule has 0 aliphatic rings. The first-order chi connectivity index (χ1) is 13.9. The van der Waals surface area contributed by atoms with E-state index in [1.807, 2.05) is 30.3 Å². The Morgan fingerprint density at radius 3 is 2.34 bits per heavy atom. The van der Waals surface area contributed by atoms with Crippen LogP contribution in [0, 0.1) is 5.92 Å². The molecule has 2 rings (SSSR count). The second kappa shape index (κ2) is 11.8. The molecule has 0 radical (unpaired) electrons. The van der Waals surface area contributed by atoms with Gasteiger partial charge in [-0.15, -0.1) is 0 Å². The van der Waals surface area contributed by atoms with Crippen molar-refractivity contribution in [1.82, 2.24) is 16.2 Å². The van der Waals surface area contributed by atoms with E-state index in [2.05, 4.69) is 30.0 Å². The van der Waals surface area contributed by atoms with Gasteiger partial charge in [-0.05, 0) is 60.8 Å². The maximum Gasteiger partial charge on any atom is 0.257 e. The van der Waals surface area contributed by atoms with Crippen molar-refractivity contribution in [2.45, 2.75) is 33.1 Å². The number of aryl methyl sites for hydroxylation is 1. The van der Waals surface area contributed by atoms with E-state index < -0.39 is 0 Å².